The van der Waals surface area contributed by atoms with Crippen molar-refractivity contribution >= 4 is 17.5 Å². The van der Waals surface area contributed by atoms with Crippen molar-refractivity contribution in [3.05, 3.63) is 78.1 Å². The number of nitrogens with one attached hydrogen (secondary N) is 2. The van der Waals surface area contributed by atoms with Crippen molar-refractivity contribution in [3.8, 4) is 5.75 Å². The highest BCUT2D eigenvalue weighted by Gasteiger charge is 2.21. The molecule has 0 aliphatic heterocycles. The van der Waals surface area contributed by atoms with Crippen LogP contribution in [-0.4, -0.2) is 28.2 Å². The van der Waals surface area contributed by atoms with Gasteiger partial charge in [0.25, 0.3) is 5.91 Å². The summed E-state index contributed by atoms with van der Waals surface area (Å²) in [5, 5.41) is 9.77. The van der Waals surface area contributed by atoms with Gasteiger partial charge in [-0.25, -0.2) is 0 Å². The van der Waals surface area contributed by atoms with Gasteiger partial charge in [0.2, 0.25) is 5.91 Å². The third-order valence-electron chi connectivity index (χ3n) is 4.83. The summed E-state index contributed by atoms with van der Waals surface area (Å²) in [5.41, 5.74) is 2.15. The standard InChI is InChI=1S/C23H24N4O3/c28-22(15-27-12-2-11-25-27)26-20-4-1-3-18(13-20)14-24-23(29)19-7-9-21(10-8-19)30-16-17-5-6-17/h1-4,7-13,17H,5-6,14-16H2,(H,24,29)(H,26,28). The smallest absolute Gasteiger partial charge is 0.251 e. The lowest BCUT2D eigenvalue weighted by molar-refractivity contribution is -0.116. The Morgan fingerprint density at radius 1 is 1.10 bits per heavy atom. The number of rotatable bonds is 9. The Balaban J connectivity index is 1.27. The highest BCUT2D eigenvalue weighted by atomic mass is 16.5. The third kappa shape index (κ3) is 5.70. The summed E-state index contributed by atoms with van der Waals surface area (Å²) in [6.45, 7) is 1.26. The number of amides is 2. The Morgan fingerprint density at radius 3 is 2.67 bits per heavy atom. The summed E-state index contributed by atoms with van der Waals surface area (Å²) < 4.78 is 7.26. The van der Waals surface area contributed by atoms with E-state index in [9.17, 15) is 9.59 Å². The van der Waals surface area contributed by atoms with Gasteiger partial charge in [0.1, 0.15) is 12.3 Å². The minimum atomic E-state index is -0.163. The molecule has 0 unspecified atom stereocenters. The van der Waals surface area contributed by atoms with Crippen LogP contribution >= 0.6 is 0 Å². The molecule has 3 aromatic rings. The number of aromatic nitrogens is 2. The van der Waals surface area contributed by atoms with Crippen LogP contribution in [0.5, 0.6) is 5.75 Å². The van der Waals surface area contributed by atoms with Crippen LogP contribution in [0.2, 0.25) is 0 Å². The molecule has 2 N–H and O–H groups in total. The number of hydrogen-bond acceptors (Lipinski definition) is 4. The maximum Gasteiger partial charge on any atom is 0.251 e. The molecule has 1 fully saturated rings. The average molecular weight is 404 g/mol. The number of benzene rings is 2. The summed E-state index contributed by atoms with van der Waals surface area (Å²) in [4.78, 5) is 24.5. The van der Waals surface area contributed by atoms with E-state index in [4.69, 9.17) is 4.74 Å². The zero-order valence-electron chi connectivity index (χ0n) is 16.6. The lowest BCUT2D eigenvalue weighted by Gasteiger charge is -2.10. The Morgan fingerprint density at radius 2 is 1.93 bits per heavy atom. The van der Waals surface area contributed by atoms with Gasteiger partial charge < -0.3 is 15.4 Å². The number of ether oxygens (including phenoxy) is 1. The summed E-state index contributed by atoms with van der Waals surface area (Å²) in [7, 11) is 0. The SMILES string of the molecule is O=C(Cn1cccn1)Nc1cccc(CNC(=O)c2ccc(OCC3CC3)cc2)c1. The summed E-state index contributed by atoms with van der Waals surface area (Å²) >= 11 is 0. The van der Waals surface area contributed by atoms with E-state index in [1.54, 1.807) is 35.3 Å². The van der Waals surface area contributed by atoms with E-state index in [1.165, 1.54) is 12.8 Å². The first-order valence-corrected chi connectivity index (χ1v) is 10.0. The van der Waals surface area contributed by atoms with Crippen LogP contribution in [0, 0.1) is 5.92 Å². The quantitative estimate of drug-likeness (QED) is 0.573. The third-order valence-corrected chi connectivity index (χ3v) is 4.83. The lowest BCUT2D eigenvalue weighted by atomic mass is 10.1. The fraction of sp³-hybridized carbons (Fsp3) is 0.261. The molecule has 0 saturated heterocycles. The van der Waals surface area contributed by atoms with Crippen LogP contribution in [0.3, 0.4) is 0 Å². The Labute approximate surface area is 175 Å². The van der Waals surface area contributed by atoms with Gasteiger partial charge in [-0.3, -0.25) is 14.3 Å². The number of carbonyl (C=O) groups is 2. The number of nitrogens with zero attached hydrogens (tertiary/aromatic N) is 2. The van der Waals surface area contributed by atoms with Gasteiger partial charge in [0, 0.05) is 30.2 Å². The van der Waals surface area contributed by atoms with Crippen LogP contribution < -0.4 is 15.4 Å². The lowest BCUT2D eigenvalue weighted by Crippen LogP contribution is -2.23. The monoisotopic (exact) mass is 404 g/mol. The molecule has 30 heavy (non-hydrogen) atoms. The van der Waals surface area contributed by atoms with Crippen molar-refractivity contribution < 1.29 is 14.3 Å². The minimum Gasteiger partial charge on any atom is -0.493 e. The molecule has 154 valence electrons. The van der Waals surface area contributed by atoms with E-state index in [2.05, 4.69) is 15.7 Å². The first-order chi connectivity index (χ1) is 14.7. The molecule has 1 heterocycles. The second-order valence-corrected chi connectivity index (χ2v) is 7.41. The predicted molar refractivity (Wildman–Crippen MR) is 113 cm³/mol. The van der Waals surface area contributed by atoms with E-state index in [0.717, 1.165) is 17.9 Å². The number of carbonyl (C=O) groups excluding carboxylic acids is 2. The van der Waals surface area contributed by atoms with Crippen molar-refractivity contribution in [1.29, 1.82) is 0 Å². The van der Waals surface area contributed by atoms with Crippen LogP contribution in [0.4, 0.5) is 5.69 Å². The molecule has 7 heteroatoms. The highest BCUT2D eigenvalue weighted by Crippen LogP contribution is 2.29. The zero-order valence-corrected chi connectivity index (χ0v) is 16.6. The fourth-order valence-electron chi connectivity index (χ4n) is 2.99. The van der Waals surface area contributed by atoms with E-state index >= 15 is 0 Å². The van der Waals surface area contributed by atoms with E-state index in [1.807, 2.05) is 36.4 Å². The van der Waals surface area contributed by atoms with E-state index in [0.29, 0.717) is 23.7 Å². The summed E-state index contributed by atoms with van der Waals surface area (Å²) in [6.07, 6.45) is 5.86. The Hall–Kier alpha value is -3.61. The molecule has 0 radical (unpaired) electrons. The predicted octanol–water partition coefficient (Wildman–Crippen LogP) is 3.24. The van der Waals surface area contributed by atoms with Crippen molar-refractivity contribution in [1.82, 2.24) is 15.1 Å². The maximum atomic E-state index is 12.4. The topological polar surface area (TPSA) is 85.3 Å². The average Bonchev–Trinajstić information content (AvgIpc) is 3.45. The van der Waals surface area contributed by atoms with E-state index < -0.39 is 0 Å². The molecule has 0 atom stereocenters. The van der Waals surface area contributed by atoms with Gasteiger partial charge in [0.05, 0.1) is 6.61 Å². The van der Waals surface area contributed by atoms with Crippen LogP contribution in [0.1, 0.15) is 28.8 Å². The van der Waals surface area contributed by atoms with Crippen molar-refractivity contribution in [3.63, 3.8) is 0 Å². The molecule has 2 amide bonds. The molecule has 1 saturated carbocycles. The van der Waals surface area contributed by atoms with Gasteiger partial charge in [-0.1, -0.05) is 12.1 Å². The summed E-state index contributed by atoms with van der Waals surface area (Å²) in [6, 6.07) is 16.4. The van der Waals surface area contributed by atoms with E-state index in [-0.39, 0.29) is 18.4 Å². The van der Waals surface area contributed by atoms with Crippen LogP contribution in [0.25, 0.3) is 0 Å². The zero-order chi connectivity index (χ0) is 20.8. The van der Waals surface area contributed by atoms with Crippen molar-refractivity contribution in [2.24, 2.45) is 5.92 Å². The first-order valence-electron chi connectivity index (χ1n) is 10.0. The minimum absolute atomic E-state index is 0.147. The molecule has 1 aliphatic rings. The van der Waals surface area contributed by atoms with Gasteiger partial charge >= 0.3 is 0 Å². The summed E-state index contributed by atoms with van der Waals surface area (Å²) in [5.74, 6) is 1.16. The molecule has 7 nitrogen and oxygen atoms in total. The van der Waals surface area contributed by atoms with Crippen molar-refractivity contribution in [2.75, 3.05) is 11.9 Å². The van der Waals surface area contributed by atoms with Gasteiger partial charge in [-0.15, -0.1) is 0 Å². The van der Waals surface area contributed by atoms with Crippen LogP contribution in [0.15, 0.2) is 67.0 Å². The van der Waals surface area contributed by atoms with Gasteiger partial charge in [-0.05, 0) is 66.8 Å². The molecule has 0 bridgehead atoms. The maximum absolute atomic E-state index is 12.4. The molecule has 1 aromatic heterocycles. The molecule has 0 spiro atoms. The highest BCUT2D eigenvalue weighted by molar-refractivity contribution is 5.94. The van der Waals surface area contributed by atoms with Crippen LogP contribution in [-0.2, 0) is 17.9 Å². The molecule has 2 aromatic carbocycles. The largest absolute Gasteiger partial charge is 0.493 e. The first kappa shape index (κ1) is 19.7. The number of hydrogen-bond donors (Lipinski definition) is 2. The Kier molecular flexibility index (Phi) is 6.08. The van der Waals surface area contributed by atoms with Gasteiger partial charge in [0.15, 0.2) is 0 Å². The fourth-order valence-corrected chi connectivity index (χ4v) is 2.99. The van der Waals surface area contributed by atoms with Gasteiger partial charge in [-0.2, -0.15) is 5.10 Å². The molecule has 1 aliphatic carbocycles. The molecule has 4 rings (SSSR count). The number of anilines is 1. The second-order valence-electron chi connectivity index (χ2n) is 7.41. The second kappa shape index (κ2) is 9.26. The Bertz CT molecular complexity index is 996. The molecular formula is C23H24N4O3. The van der Waals surface area contributed by atoms with Crippen molar-refractivity contribution in [2.45, 2.75) is 25.9 Å². The molecular weight excluding hydrogens is 380 g/mol. The normalized spacial score (nSPS) is 12.9.